The number of hydrogen-bond donors (Lipinski definition) is 1. The molecule has 0 aliphatic rings. The van der Waals surface area contributed by atoms with E-state index >= 15 is 0 Å². The van der Waals surface area contributed by atoms with Crippen LogP contribution in [0.2, 0.25) is 0 Å². The summed E-state index contributed by atoms with van der Waals surface area (Å²) in [6.45, 7) is 0.543. The van der Waals surface area contributed by atoms with Crippen molar-refractivity contribution in [2.24, 2.45) is 7.05 Å². The maximum atomic E-state index is 11.8. The fraction of sp³-hybridized carbons (Fsp3) is 0.250. The third-order valence-corrected chi connectivity index (χ3v) is 2.98. The van der Waals surface area contributed by atoms with Crippen molar-refractivity contribution in [1.82, 2.24) is 19.9 Å². The first-order valence-electron chi connectivity index (χ1n) is 5.53. The van der Waals surface area contributed by atoms with Crippen molar-refractivity contribution >= 4 is 21.8 Å². The summed E-state index contributed by atoms with van der Waals surface area (Å²) in [5, 5.41) is 2.81. The van der Waals surface area contributed by atoms with Crippen LogP contribution in [-0.4, -0.2) is 27.0 Å². The number of halogens is 1. The molecular formula is C12H13BrN4O. The highest BCUT2D eigenvalue weighted by atomic mass is 79.9. The summed E-state index contributed by atoms with van der Waals surface area (Å²) in [5.74, 6) is 0.774. The van der Waals surface area contributed by atoms with Gasteiger partial charge in [0.05, 0.1) is 0 Å². The minimum atomic E-state index is -0.170. The topological polar surface area (TPSA) is 59.8 Å². The smallest absolute Gasteiger partial charge is 0.269 e. The molecule has 5 nitrogen and oxygen atoms in total. The zero-order valence-electron chi connectivity index (χ0n) is 9.93. The van der Waals surface area contributed by atoms with E-state index in [0.29, 0.717) is 18.7 Å². The van der Waals surface area contributed by atoms with Gasteiger partial charge in [0, 0.05) is 43.1 Å². The normalized spacial score (nSPS) is 10.3. The molecule has 0 aromatic carbocycles. The molecule has 0 aliphatic heterocycles. The van der Waals surface area contributed by atoms with Crippen molar-refractivity contribution in [3.63, 3.8) is 0 Å². The molecule has 1 N–H and O–H groups in total. The molecule has 0 atom stereocenters. The molecule has 0 saturated carbocycles. The number of amides is 1. The molecule has 0 aliphatic carbocycles. The number of imidazole rings is 1. The van der Waals surface area contributed by atoms with Gasteiger partial charge in [-0.2, -0.15) is 0 Å². The second-order valence-electron chi connectivity index (χ2n) is 3.82. The van der Waals surface area contributed by atoms with Gasteiger partial charge in [0.1, 0.15) is 11.5 Å². The molecule has 0 bridgehead atoms. The SMILES string of the molecule is Cn1ccnc1CCNC(=O)c1ccc(Br)cn1. The predicted octanol–water partition coefficient (Wildman–Crippen LogP) is 1.55. The molecular weight excluding hydrogens is 296 g/mol. The largest absolute Gasteiger partial charge is 0.350 e. The van der Waals surface area contributed by atoms with E-state index in [1.54, 1.807) is 24.5 Å². The zero-order chi connectivity index (χ0) is 13.0. The fourth-order valence-electron chi connectivity index (χ4n) is 1.53. The van der Waals surface area contributed by atoms with Crippen molar-refractivity contribution in [3.8, 4) is 0 Å². The van der Waals surface area contributed by atoms with Crippen LogP contribution in [0.3, 0.4) is 0 Å². The van der Waals surface area contributed by atoms with E-state index in [1.165, 1.54) is 0 Å². The number of hydrogen-bond acceptors (Lipinski definition) is 3. The van der Waals surface area contributed by atoms with E-state index < -0.39 is 0 Å². The van der Waals surface area contributed by atoms with Crippen molar-refractivity contribution in [2.75, 3.05) is 6.54 Å². The monoisotopic (exact) mass is 308 g/mol. The minimum Gasteiger partial charge on any atom is -0.350 e. The predicted molar refractivity (Wildman–Crippen MR) is 71.2 cm³/mol. The first kappa shape index (κ1) is 12.8. The van der Waals surface area contributed by atoms with Crippen molar-refractivity contribution in [1.29, 1.82) is 0 Å². The molecule has 0 spiro atoms. The Morgan fingerprint density at radius 3 is 2.89 bits per heavy atom. The van der Waals surface area contributed by atoms with E-state index in [4.69, 9.17) is 0 Å². The van der Waals surface area contributed by atoms with E-state index in [2.05, 4.69) is 31.2 Å². The quantitative estimate of drug-likeness (QED) is 0.932. The number of pyridine rings is 1. The van der Waals surface area contributed by atoms with E-state index in [1.807, 2.05) is 17.8 Å². The van der Waals surface area contributed by atoms with Gasteiger partial charge in [-0.05, 0) is 28.1 Å². The Morgan fingerprint density at radius 2 is 2.28 bits per heavy atom. The van der Waals surface area contributed by atoms with Crippen molar-refractivity contribution < 1.29 is 4.79 Å². The van der Waals surface area contributed by atoms with Crippen molar-refractivity contribution in [3.05, 3.63) is 46.7 Å². The molecule has 0 unspecified atom stereocenters. The van der Waals surface area contributed by atoms with Crippen LogP contribution in [0.1, 0.15) is 16.3 Å². The summed E-state index contributed by atoms with van der Waals surface area (Å²) < 4.78 is 2.79. The Bertz CT molecular complexity index is 535. The molecule has 6 heteroatoms. The van der Waals surface area contributed by atoms with Gasteiger partial charge in [-0.15, -0.1) is 0 Å². The van der Waals surface area contributed by atoms with Gasteiger partial charge in [-0.3, -0.25) is 4.79 Å². The number of aryl methyl sites for hydroxylation is 1. The third kappa shape index (κ3) is 3.16. The lowest BCUT2D eigenvalue weighted by molar-refractivity contribution is 0.0949. The van der Waals surface area contributed by atoms with Gasteiger partial charge in [0.2, 0.25) is 0 Å². The molecule has 2 rings (SSSR count). The number of carbonyl (C=O) groups excluding carboxylic acids is 1. The summed E-state index contributed by atoms with van der Waals surface area (Å²) in [7, 11) is 1.93. The Labute approximate surface area is 113 Å². The van der Waals surface area contributed by atoms with Gasteiger partial charge in [-0.25, -0.2) is 9.97 Å². The highest BCUT2D eigenvalue weighted by Gasteiger charge is 2.06. The lowest BCUT2D eigenvalue weighted by atomic mass is 10.3. The summed E-state index contributed by atoms with van der Waals surface area (Å²) >= 11 is 3.28. The van der Waals surface area contributed by atoms with Crippen LogP contribution in [0, 0.1) is 0 Å². The highest BCUT2D eigenvalue weighted by molar-refractivity contribution is 9.10. The first-order valence-corrected chi connectivity index (χ1v) is 6.32. The number of carbonyl (C=O) groups is 1. The average Bonchev–Trinajstić information content (AvgIpc) is 2.76. The van der Waals surface area contributed by atoms with Gasteiger partial charge < -0.3 is 9.88 Å². The fourth-order valence-corrected chi connectivity index (χ4v) is 1.76. The Hall–Kier alpha value is -1.69. The van der Waals surface area contributed by atoms with Crippen LogP contribution < -0.4 is 5.32 Å². The lowest BCUT2D eigenvalue weighted by Crippen LogP contribution is -2.27. The Morgan fingerprint density at radius 1 is 1.44 bits per heavy atom. The second-order valence-corrected chi connectivity index (χ2v) is 4.74. The minimum absolute atomic E-state index is 0.170. The van der Waals surface area contributed by atoms with E-state index in [0.717, 1.165) is 10.3 Å². The Balaban J connectivity index is 1.85. The lowest BCUT2D eigenvalue weighted by Gasteiger charge is -2.05. The number of nitrogens with zero attached hydrogens (tertiary/aromatic N) is 3. The number of rotatable bonds is 4. The molecule has 2 aromatic heterocycles. The van der Waals surface area contributed by atoms with E-state index in [9.17, 15) is 4.79 Å². The molecule has 0 saturated heterocycles. The van der Waals surface area contributed by atoms with Crippen molar-refractivity contribution in [2.45, 2.75) is 6.42 Å². The summed E-state index contributed by atoms with van der Waals surface area (Å²) in [6.07, 6.45) is 5.93. The van der Waals surface area contributed by atoms with Crippen LogP contribution in [0.15, 0.2) is 35.2 Å². The van der Waals surface area contributed by atoms with Gasteiger partial charge in [0.15, 0.2) is 0 Å². The molecule has 94 valence electrons. The van der Waals surface area contributed by atoms with Crippen LogP contribution >= 0.6 is 15.9 Å². The third-order valence-electron chi connectivity index (χ3n) is 2.52. The molecule has 2 heterocycles. The maximum absolute atomic E-state index is 11.8. The Kier molecular flexibility index (Phi) is 4.09. The summed E-state index contributed by atoms with van der Waals surface area (Å²) in [6, 6.07) is 3.47. The van der Waals surface area contributed by atoms with Crippen LogP contribution in [0.4, 0.5) is 0 Å². The van der Waals surface area contributed by atoms with Gasteiger partial charge >= 0.3 is 0 Å². The number of aromatic nitrogens is 3. The molecule has 18 heavy (non-hydrogen) atoms. The second kappa shape index (κ2) is 5.77. The molecule has 0 fully saturated rings. The van der Waals surface area contributed by atoms with Gasteiger partial charge in [-0.1, -0.05) is 0 Å². The summed E-state index contributed by atoms with van der Waals surface area (Å²) in [5.41, 5.74) is 0.415. The molecule has 1 amide bonds. The first-order chi connectivity index (χ1) is 8.66. The average molecular weight is 309 g/mol. The standard InChI is InChI=1S/C12H13BrN4O/c1-17-7-6-14-11(17)4-5-15-12(18)10-3-2-9(13)8-16-10/h2-3,6-8H,4-5H2,1H3,(H,15,18). The van der Waals surface area contributed by atoms with Crippen LogP contribution in [0.25, 0.3) is 0 Å². The number of nitrogens with one attached hydrogen (secondary N) is 1. The zero-order valence-corrected chi connectivity index (χ0v) is 11.5. The van der Waals surface area contributed by atoms with E-state index in [-0.39, 0.29) is 5.91 Å². The molecule has 0 radical (unpaired) electrons. The highest BCUT2D eigenvalue weighted by Crippen LogP contribution is 2.07. The van der Waals surface area contributed by atoms with Crippen LogP contribution in [-0.2, 0) is 13.5 Å². The van der Waals surface area contributed by atoms with Gasteiger partial charge in [0.25, 0.3) is 5.91 Å². The summed E-state index contributed by atoms with van der Waals surface area (Å²) in [4.78, 5) is 20.0. The maximum Gasteiger partial charge on any atom is 0.269 e. The van der Waals surface area contributed by atoms with Crippen LogP contribution in [0.5, 0.6) is 0 Å². The molecule has 2 aromatic rings.